The number of nitrogens with one attached hydrogen (secondary N) is 1. The number of nitrogens with zero attached hydrogens (tertiary/aromatic N) is 5. The minimum absolute atomic E-state index is 0.231. The molecule has 0 aliphatic carbocycles. The molecular weight excluding hydrogens is 319 g/mol. The first-order valence-electron chi connectivity index (χ1n) is 8.63. The Labute approximate surface area is 145 Å². The summed E-state index contributed by atoms with van der Waals surface area (Å²) in [7, 11) is 1.94. The molecule has 3 heterocycles. The molecule has 6 nitrogen and oxygen atoms in total. The number of aryl methyl sites for hydroxylation is 1. The van der Waals surface area contributed by atoms with Gasteiger partial charge in [-0.05, 0) is 37.0 Å². The van der Waals surface area contributed by atoms with Crippen molar-refractivity contribution in [2.75, 3.05) is 23.3 Å². The van der Waals surface area contributed by atoms with Crippen molar-refractivity contribution in [1.82, 2.24) is 19.5 Å². The highest BCUT2D eigenvalue weighted by atomic mass is 19.1. The van der Waals surface area contributed by atoms with Gasteiger partial charge in [-0.15, -0.1) is 0 Å². The lowest BCUT2D eigenvalue weighted by Gasteiger charge is -2.27. The SMILES string of the molecule is Cn1cnc2c(NCc3ccc(F)cc3)nc(N3CCCCC3)nc21. The molecule has 1 aliphatic heterocycles. The average Bonchev–Trinajstić information content (AvgIpc) is 3.03. The Morgan fingerprint density at radius 1 is 1.08 bits per heavy atom. The number of hydrogen-bond donors (Lipinski definition) is 1. The predicted molar refractivity (Wildman–Crippen MR) is 96.1 cm³/mol. The van der Waals surface area contributed by atoms with Gasteiger partial charge in [-0.25, -0.2) is 9.37 Å². The van der Waals surface area contributed by atoms with Crippen LogP contribution in [0.1, 0.15) is 24.8 Å². The standard InChI is InChI=1S/C18H21FN6/c1-24-12-21-15-16(20-11-13-5-7-14(19)8-6-13)22-18(23-17(15)24)25-9-3-2-4-10-25/h5-8,12H,2-4,9-11H2,1H3,(H,20,22,23). The van der Waals surface area contributed by atoms with E-state index in [-0.39, 0.29) is 5.82 Å². The second-order valence-electron chi connectivity index (χ2n) is 6.43. The molecule has 1 saturated heterocycles. The summed E-state index contributed by atoms with van der Waals surface area (Å²) in [4.78, 5) is 16.1. The zero-order chi connectivity index (χ0) is 17.2. The van der Waals surface area contributed by atoms with Crippen LogP contribution in [0.2, 0.25) is 0 Å². The van der Waals surface area contributed by atoms with Crippen molar-refractivity contribution < 1.29 is 4.39 Å². The van der Waals surface area contributed by atoms with Crippen molar-refractivity contribution in [3.05, 3.63) is 42.0 Å². The number of piperidine rings is 1. The van der Waals surface area contributed by atoms with Crippen molar-refractivity contribution in [2.24, 2.45) is 7.05 Å². The molecule has 0 saturated carbocycles. The maximum absolute atomic E-state index is 13.1. The molecule has 1 aromatic carbocycles. The highest BCUT2D eigenvalue weighted by Gasteiger charge is 2.18. The summed E-state index contributed by atoms with van der Waals surface area (Å²) < 4.78 is 15.0. The first-order valence-corrected chi connectivity index (χ1v) is 8.63. The third-order valence-electron chi connectivity index (χ3n) is 4.56. The highest BCUT2D eigenvalue weighted by molar-refractivity contribution is 5.84. The number of halogens is 1. The smallest absolute Gasteiger partial charge is 0.229 e. The average molecular weight is 340 g/mol. The second kappa shape index (κ2) is 6.66. The predicted octanol–water partition coefficient (Wildman–Crippen LogP) is 3.10. The van der Waals surface area contributed by atoms with Gasteiger partial charge in [-0.1, -0.05) is 12.1 Å². The first-order chi connectivity index (χ1) is 12.2. The van der Waals surface area contributed by atoms with Gasteiger partial charge in [-0.3, -0.25) is 0 Å². The Morgan fingerprint density at radius 3 is 2.60 bits per heavy atom. The van der Waals surface area contributed by atoms with E-state index in [2.05, 4.69) is 15.2 Å². The Bertz CT molecular complexity index is 867. The summed E-state index contributed by atoms with van der Waals surface area (Å²) in [5.41, 5.74) is 2.56. The second-order valence-corrected chi connectivity index (χ2v) is 6.43. The molecule has 2 aromatic heterocycles. The van der Waals surface area contributed by atoms with E-state index in [1.165, 1.54) is 31.4 Å². The largest absolute Gasteiger partial charge is 0.364 e. The Balaban J connectivity index is 1.64. The minimum Gasteiger partial charge on any atom is -0.364 e. The van der Waals surface area contributed by atoms with Crippen LogP contribution >= 0.6 is 0 Å². The normalized spacial score (nSPS) is 14.9. The van der Waals surface area contributed by atoms with Gasteiger partial charge in [0, 0.05) is 26.7 Å². The highest BCUT2D eigenvalue weighted by Crippen LogP contribution is 2.24. The van der Waals surface area contributed by atoms with Crippen LogP contribution in [0.15, 0.2) is 30.6 Å². The van der Waals surface area contributed by atoms with Crippen LogP contribution in [0.3, 0.4) is 0 Å². The summed E-state index contributed by atoms with van der Waals surface area (Å²) in [5.74, 6) is 1.23. The quantitative estimate of drug-likeness (QED) is 0.791. The summed E-state index contributed by atoms with van der Waals surface area (Å²) in [6.07, 6.45) is 5.36. The molecule has 25 heavy (non-hydrogen) atoms. The van der Waals surface area contributed by atoms with Crippen LogP contribution in [0.4, 0.5) is 16.2 Å². The van der Waals surface area contributed by atoms with E-state index in [1.807, 2.05) is 11.6 Å². The number of fused-ring (bicyclic) bond motifs is 1. The fraction of sp³-hybridized carbons (Fsp3) is 0.389. The Kier molecular flexibility index (Phi) is 4.21. The first kappa shape index (κ1) is 15.8. The lowest BCUT2D eigenvalue weighted by molar-refractivity contribution is 0.569. The number of aromatic nitrogens is 4. The molecule has 0 unspecified atom stereocenters. The van der Waals surface area contributed by atoms with E-state index in [0.29, 0.717) is 6.54 Å². The maximum atomic E-state index is 13.1. The van der Waals surface area contributed by atoms with Crippen molar-refractivity contribution in [1.29, 1.82) is 0 Å². The third-order valence-corrected chi connectivity index (χ3v) is 4.56. The van der Waals surface area contributed by atoms with Crippen molar-refractivity contribution in [3.8, 4) is 0 Å². The maximum Gasteiger partial charge on any atom is 0.229 e. The van der Waals surface area contributed by atoms with Crippen molar-refractivity contribution >= 4 is 22.9 Å². The zero-order valence-electron chi connectivity index (χ0n) is 14.2. The lowest BCUT2D eigenvalue weighted by atomic mass is 10.1. The number of benzene rings is 1. The number of hydrogen-bond acceptors (Lipinski definition) is 5. The van der Waals surface area contributed by atoms with Crippen LogP contribution in [0.25, 0.3) is 11.2 Å². The molecule has 7 heteroatoms. The third kappa shape index (κ3) is 3.26. The molecule has 0 radical (unpaired) electrons. The monoisotopic (exact) mass is 340 g/mol. The van der Waals surface area contributed by atoms with Gasteiger partial charge in [-0.2, -0.15) is 9.97 Å². The molecule has 0 amide bonds. The van der Waals surface area contributed by atoms with Gasteiger partial charge < -0.3 is 14.8 Å². The summed E-state index contributed by atoms with van der Waals surface area (Å²) >= 11 is 0. The van der Waals surface area contributed by atoms with Gasteiger partial charge in [0.1, 0.15) is 5.82 Å². The summed E-state index contributed by atoms with van der Waals surface area (Å²) in [6.45, 7) is 2.53. The van der Waals surface area contributed by atoms with Crippen LogP contribution < -0.4 is 10.2 Å². The Hall–Kier alpha value is -2.70. The topological polar surface area (TPSA) is 58.9 Å². The van der Waals surface area contributed by atoms with Crippen LogP contribution in [0.5, 0.6) is 0 Å². The molecule has 4 rings (SSSR count). The molecule has 0 bridgehead atoms. The molecular formula is C18H21FN6. The van der Waals surface area contributed by atoms with Gasteiger partial charge in [0.05, 0.1) is 6.33 Å². The summed E-state index contributed by atoms with van der Waals surface area (Å²) in [5, 5.41) is 3.34. The van der Waals surface area contributed by atoms with Gasteiger partial charge >= 0.3 is 0 Å². The van der Waals surface area contributed by atoms with Gasteiger partial charge in [0.15, 0.2) is 17.0 Å². The Morgan fingerprint density at radius 2 is 1.84 bits per heavy atom. The van der Waals surface area contributed by atoms with Gasteiger partial charge in [0.25, 0.3) is 0 Å². The van der Waals surface area contributed by atoms with E-state index < -0.39 is 0 Å². The van der Waals surface area contributed by atoms with Crippen LogP contribution in [-0.4, -0.2) is 32.6 Å². The molecule has 1 aliphatic rings. The van der Waals surface area contributed by atoms with E-state index in [1.54, 1.807) is 18.5 Å². The molecule has 3 aromatic rings. The molecule has 1 N–H and O–H groups in total. The van der Waals surface area contributed by atoms with Crippen LogP contribution in [0, 0.1) is 5.82 Å². The van der Waals surface area contributed by atoms with Crippen molar-refractivity contribution in [2.45, 2.75) is 25.8 Å². The van der Waals surface area contributed by atoms with Gasteiger partial charge in [0.2, 0.25) is 5.95 Å². The molecule has 0 spiro atoms. The lowest BCUT2D eigenvalue weighted by Crippen LogP contribution is -2.31. The van der Waals surface area contributed by atoms with E-state index in [0.717, 1.165) is 41.6 Å². The van der Waals surface area contributed by atoms with E-state index in [9.17, 15) is 4.39 Å². The molecule has 1 fully saturated rings. The number of anilines is 2. The molecule has 0 atom stereocenters. The summed E-state index contributed by atoms with van der Waals surface area (Å²) in [6, 6.07) is 6.47. The van der Waals surface area contributed by atoms with E-state index >= 15 is 0 Å². The fourth-order valence-electron chi connectivity index (χ4n) is 3.14. The minimum atomic E-state index is -0.231. The molecule has 130 valence electrons. The van der Waals surface area contributed by atoms with E-state index in [4.69, 9.17) is 9.97 Å². The van der Waals surface area contributed by atoms with Crippen LogP contribution in [-0.2, 0) is 13.6 Å². The number of imidazole rings is 1. The van der Waals surface area contributed by atoms with Crippen molar-refractivity contribution in [3.63, 3.8) is 0 Å². The number of rotatable bonds is 4. The zero-order valence-corrected chi connectivity index (χ0v) is 14.2. The fourth-order valence-corrected chi connectivity index (χ4v) is 3.14.